The van der Waals surface area contributed by atoms with Gasteiger partial charge in [-0.3, -0.25) is 14.4 Å². The molecule has 1 saturated heterocycles. The molecular formula is C22H24N2O4. The highest BCUT2D eigenvalue weighted by Gasteiger charge is 2.30. The topological polar surface area (TPSA) is 75.7 Å². The molecule has 6 heteroatoms. The van der Waals surface area contributed by atoms with Crippen molar-refractivity contribution < 1.29 is 19.1 Å². The van der Waals surface area contributed by atoms with Crippen molar-refractivity contribution in [2.75, 3.05) is 25.0 Å². The first-order valence-corrected chi connectivity index (χ1v) is 9.51. The van der Waals surface area contributed by atoms with E-state index in [9.17, 15) is 14.4 Å². The van der Waals surface area contributed by atoms with Crippen molar-refractivity contribution in [1.29, 1.82) is 0 Å². The average molecular weight is 380 g/mol. The molecule has 1 atom stereocenters. The fraction of sp³-hybridized carbons (Fsp3) is 0.318. The molecule has 0 aliphatic carbocycles. The van der Waals surface area contributed by atoms with E-state index >= 15 is 0 Å². The maximum atomic E-state index is 13.1. The summed E-state index contributed by atoms with van der Waals surface area (Å²) >= 11 is 0. The standard InChI is InChI=1S/C22H24N2O4/c1-2-28-22(27)17-11-8-14-24(15-17)21(26)18-12-6-7-13-19(18)23-20(25)16-9-4-3-5-10-16/h3-7,9-10,12-13,17H,2,8,11,14-15H2,1H3,(H,23,25). The Balaban J connectivity index is 1.75. The number of piperidine rings is 1. The molecule has 1 fully saturated rings. The Bertz CT molecular complexity index is 851. The van der Waals surface area contributed by atoms with Gasteiger partial charge in [0.15, 0.2) is 0 Å². The number of hydrogen-bond acceptors (Lipinski definition) is 4. The Morgan fingerprint density at radius 2 is 1.79 bits per heavy atom. The lowest BCUT2D eigenvalue weighted by Crippen LogP contribution is -2.43. The number of para-hydroxylation sites is 1. The molecule has 2 aromatic carbocycles. The quantitative estimate of drug-likeness (QED) is 0.807. The third-order valence-electron chi connectivity index (χ3n) is 4.77. The molecule has 3 rings (SSSR count). The van der Waals surface area contributed by atoms with Crippen LogP contribution in [0.15, 0.2) is 54.6 Å². The third kappa shape index (κ3) is 4.57. The number of hydrogen-bond donors (Lipinski definition) is 1. The SMILES string of the molecule is CCOC(=O)C1CCCN(C(=O)c2ccccc2NC(=O)c2ccccc2)C1. The molecule has 1 heterocycles. The first-order valence-electron chi connectivity index (χ1n) is 9.51. The van der Waals surface area contributed by atoms with E-state index in [0.717, 1.165) is 12.8 Å². The van der Waals surface area contributed by atoms with Crippen LogP contribution in [0.4, 0.5) is 5.69 Å². The maximum Gasteiger partial charge on any atom is 0.310 e. The zero-order chi connectivity index (χ0) is 19.9. The van der Waals surface area contributed by atoms with Gasteiger partial charge in [0.1, 0.15) is 0 Å². The molecule has 1 aliphatic rings. The number of likely N-dealkylation sites (tertiary alicyclic amines) is 1. The lowest BCUT2D eigenvalue weighted by molar-refractivity contribution is -0.149. The van der Waals surface area contributed by atoms with Crippen LogP contribution in [0.1, 0.15) is 40.5 Å². The lowest BCUT2D eigenvalue weighted by Gasteiger charge is -2.32. The second-order valence-electron chi connectivity index (χ2n) is 6.71. The number of carbonyl (C=O) groups is 3. The van der Waals surface area contributed by atoms with Gasteiger partial charge in [-0.05, 0) is 44.0 Å². The Morgan fingerprint density at radius 1 is 1.07 bits per heavy atom. The molecule has 0 radical (unpaired) electrons. The first kappa shape index (κ1) is 19.6. The van der Waals surface area contributed by atoms with Gasteiger partial charge < -0.3 is 15.0 Å². The van der Waals surface area contributed by atoms with E-state index in [2.05, 4.69) is 5.32 Å². The molecule has 0 spiro atoms. The summed E-state index contributed by atoms with van der Waals surface area (Å²) in [6, 6.07) is 15.8. The number of nitrogens with one attached hydrogen (secondary N) is 1. The first-order chi connectivity index (χ1) is 13.6. The summed E-state index contributed by atoms with van der Waals surface area (Å²) in [5, 5.41) is 2.82. The van der Waals surface area contributed by atoms with Crippen molar-refractivity contribution in [2.24, 2.45) is 5.92 Å². The molecule has 2 aromatic rings. The van der Waals surface area contributed by atoms with Crippen LogP contribution in [-0.2, 0) is 9.53 Å². The molecule has 6 nitrogen and oxygen atoms in total. The second-order valence-corrected chi connectivity index (χ2v) is 6.71. The molecule has 0 saturated carbocycles. The van der Waals surface area contributed by atoms with Crippen LogP contribution in [0.2, 0.25) is 0 Å². The van der Waals surface area contributed by atoms with Gasteiger partial charge in [-0.15, -0.1) is 0 Å². The van der Waals surface area contributed by atoms with Crippen molar-refractivity contribution >= 4 is 23.5 Å². The van der Waals surface area contributed by atoms with Gasteiger partial charge in [0.2, 0.25) is 0 Å². The fourth-order valence-electron chi connectivity index (χ4n) is 3.35. The van der Waals surface area contributed by atoms with Gasteiger partial charge in [0.05, 0.1) is 23.8 Å². The normalized spacial score (nSPS) is 16.3. The zero-order valence-corrected chi connectivity index (χ0v) is 15.9. The average Bonchev–Trinajstić information content (AvgIpc) is 2.74. The third-order valence-corrected chi connectivity index (χ3v) is 4.77. The largest absolute Gasteiger partial charge is 0.466 e. The molecule has 28 heavy (non-hydrogen) atoms. The number of rotatable bonds is 5. The summed E-state index contributed by atoms with van der Waals surface area (Å²) in [6.45, 7) is 3.02. The molecule has 1 N–H and O–H groups in total. The Hall–Kier alpha value is -3.15. The zero-order valence-electron chi connectivity index (χ0n) is 15.9. The van der Waals surface area contributed by atoms with Crippen LogP contribution in [0.5, 0.6) is 0 Å². The smallest absolute Gasteiger partial charge is 0.310 e. The van der Waals surface area contributed by atoms with Gasteiger partial charge in [-0.2, -0.15) is 0 Å². The molecule has 1 unspecified atom stereocenters. The highest BCUT2D eigenvalue weighted by atomic mass is 16.5. The minimum absolute atomic E-state index is 0.196. The number of ether oxygens (including phenoxy) is 1. The van der Waals surface area contributed by atoms with Crippen LogP contribution in [0.25, 0.3) is 0 Å². The number of benzene rings is 2. The maximum absolute atomic E-state index is 13.1. The Morgan fingerprint density at radius 3 is 2.54 bits per heavy atom. The number of amides is 2. The molecule has 0 bridgehead atoms. The summed E-state index contributed by atoms with van der Waals surface area (Å²) in [5.74, 6) is -1.03. The molecular weight excluding hydrogens is 356 g/mol. The van der Waals surface area contributed by atoms with Crippen LogP contribution >= 0.6 is 0 Å². The van der Waals surface area contributed by atoms with Gasteiger partial charge in [0, 0.05) is 18.7 Å². The van der Waals surface area contributed by atoms with E-state index in [1.54, 1.807) is 60.4 Å². The summed E-state index contributed by atoms with van der Waals surface area (Å²) in [4.78, 5) is 39.3. The highest BCUT2D eigenvalue weighted by Crippen LogP contribution is 2.23. The Kier molecular flexibility index (Phi) is 6.42. The minimum atomic E-state index is -0.302. The minimum Gasteiger partial charge on any atom is -0.466 e. The van der Waals surface area contributed by atoms with Gasteiger partial charge in [0.25, 0.3) is 11.8 Å². The van der Waals surface area contributed by atoms with Crippen LogP contribution in [0, 0.1) is 5.92 Å². The van der Waals surface area contributed by atoms with Crippen molar-refractivity contribution in [2.45, 2.75) is 19.8 Å². The van der Waals surface area contributed by atoms with E-state index in [4.69, 9.17) is 4.74 Å². The fourth-order valence-corrected chi connectivity index (χ4v) is 3.35. The number of anilines is 1. The highest BCUT2D eigenvalue weighted by molar-refractivity contribution is 6.09. The number of nitrogens with zero attached hydrogens (tertiary/aromatic N) is 1. The van der Waals surface area contributed by atoms with E-state index < -0.39 is 0 Å². The van der Waals surface area contributed by atoms with Gasteiger partial charge >= 0.3 is 5.97 Å². The van der Waals surface area contributed by atoms with Crippen LogP contribution < -0.4 is 5.32 Å². The molecule has 146 valence electrons. The summed E-state index contributed by atoms with van der Waals surface area (Å²) in [5.41, 5.74) is 1.39. The molecule has 1 aliphatic heterocycles. The van der Waals surface area contributed by atoms with Gasteiger partial charge in [-0.25, -0.2) is 0 Å². The second kappa shape index (κ2) is 9.17. The van der Waals surface area contributed by atoms with Crippen molar-refractivity contribution in [3.63, 3.8) is 0 Å². The predicted molar refractivity (Wildman–Crippen MR) is 106 cm³/mol. The number of carbonyl (C=O) groups excluding carboxylic acids is 3. The van der Waals surface area contributed by atoms with Crippen molar-refractivity contribution in [3.05, 3.63) is 65.7 Å². The predicted octanol–water partition coefficient (Wildman–Crippen LogP) is 3.35. The van der Waals surface area contributed by atoms with Crippen molar-refractivity contribution in [1.82, 2.24) is 4.90 Å². The summed E-state index contributed by atoms with van der Waals surface area (Å²) in [6.07, 6.45) is 1.46. The van der Waals surface area contributed by atoms with Crippen LogP contribution in [0.3, 0.4) is 0 Å². The number of esters is 1. The van der Waals surface area contributed by atoms with E-state index in [0.29, 0.717) is 36.5 Å². The monoisotopic (exact) mass is 380 g/mol. The lowest BCUT2D eigenvalue weighted by atomic mass is 9.97. The van der Waals surface area contributed by atoms with E-state index in [1.165, 1.54) is 0 Å². The van der Waals surface area contributed by atoms with Gasteiger partial charge in [-0.1, -0.05) is 30.3 Å². The summed E-state index contributed by atoms with van der Waals surface area (Å²) < 4.78 is 5.11. The molecule has 0 aromatic heterocycles. The molecule has 2 amide bonds. The Labute approximate surface area is 164 Å². The van der Waals surface area contributed by atoms with Crippen LogP contribution in [-0.4, -0.2) is 42.4 Å². The van der Waals surface area contributed by atoms with E-state index in [-0.39, 0.29) is 23.7 Å². The summed E-state index contributed by atoms with van der Waals surface area (Å²) in [7, 11) is 0. The van der Waals surface area contributed by atoms with E-state index in [1.807, 2.05) is 6.07 Å². The van der Waals surface area contributed by atoms with Crippen molar-refractivity contribution in [3.8, 4) is 0 Å².